The molecular weight excluding hydrogens is 450 g/mol. The van der Waals surface area contributed by atoms with Gasteiger partial charge in [-0.15, -0.1) is 5.10 Å². The standard InChI is InChI=1S/C23H27F4N7/c1-12-15(6-14(24)7-18(12)23(25,26)27)20(28)30-21-16-8-19(29-9-17(16)13(2)31-32-21)34-10-22(3,11-34)33(4)5/h6-9,20H,10-11,28H2,1-5H3,(H,30,32)/t20-/m0/s1. The molecule has 0 amide bonds. The molecule has 0 bridgehead atoms. The number of hydrogen-bond acceptors (Lipinski definition) is 7. The van der Waals surface area contributed by atoms with Gasteiger partial charge in [0.1, 0.15) is 17.8 Å². The van der Waals surface area contributed by atoms with Crippen LogP contribution in [-0.4, -0.2) is 52.8 Å². The molecule has 1 fully saturated rings. The molecule has 1 aromatic carbocycles. The monoisotopic (exact) mass is 477 g/mol. The van der Waals surface area contributed by atoms with Crippen molar-refractivity contribution in [2.45, 2.75) is 38.7 Å². The third-order valence-electron chi connectivity index (χ3n) is 6.65. The number of aryl methyl sites for hydroxylation is 1. The van der Waals surface area contributed by atoms with Gasteiger partial charge in [0.15, 0.2) is 5.82 Å². The highest BCUT2D eigenvalue weighted by Gasteiger charge is 2.41. The molecule has 0 radical (unpaired) electrons. The summed E-state index contributed by atoms with van der Waals surface area (Å²) >= 11 is 0. The zero-order chi connectivity index (χ0) is 25.0. The predicted molar refractivity (Wildman–Crippen MR) is 123 cm³/mol. The third-order valence-corrected chi connectivity index (χ3v) is 6.65. The fraction of sp³-hybridized carbons (Fsp3) is 0.435. The van der Waals surface area contributed by atoms with E-state index in [4.69, 9.17) is 5.73 Å². The van der Waals surface area contributed by atoms with Crippen molar-refractivity contribution in [3.05, 3.63) is 52.6 Å². The minimum absolute atomic E-state index is 0.0124. The molecule has 3 heterocycles. The molecule has 3 N–H and O–H groups in total. The Morgan fingerprint density at radius 2 is 1.79 bits per heavy atom. The van der Waals surface area contributed by atoms with E-state index in [1.807, 2.05) is 20.2 Å². The molecule has 3 aromatic rings. The molecule has 0 spiro atoms. The van der Waals surface area contributed by atoms with Gasteiger partial charge in [-0.05, 0) is 64.2 Å². The fourth-order valence-corrected chi connectivity index (χ4v) is 4.20. The van der Waals surface area contributed by atoms with Crippen molar-refractivity contribution in [1.29, 1.82) is 0 Å². The van der Waals surface area contributed by atoms with Gasteiger partial charge in [-0.2, -0.15) is 18.3 Å². The molecule has 1 aliphatic rings. The van der Waals surface area contributed by atoms with Gasteiger partial charge >= 0.3 is 6.18 Å². The van der Waals surface area contributed by atoms with Gasteiger partial charge in [0, 0.05) is 30.1 Å². The summed E-state index contributed by atoms with van der Waals surface area (Å²) in [5.41, 5.74) is 5.66. The number of nitrogens with one attached hydrogen (secondary N) is 1. The summed E-state index contributed by atoms with van der Waals surface area (Å²) in [4.78, 5) is 8.86. The van der Waals surface area contributed by atoms with Crippen LogP contribution in [0, 0.1) is 19.7 Å². The minimum Gasteiger partial charge on any atom is -0.353 e. The van der Waals surface area contributed by atoms with Crippen LogP contribution in [0.1, 0.15) is 35.5 Å². The number of fused-ring (bicyclic) bond motifs is 1. The van der Waals surface area contributed by atoms with E-state index in [9.17, 15) is 17.6 Å². The van der Waals surface area contributed by atoms with Gasteiger partial charge < -0.3 is 20.9 Å². The van der Waals surface area contributed by atoms with E-state index in [-0.39, 0.29) is 22.5 Å². The average molecular weight is 478 g/mol. The summed E-state index contributed by atoms with van der Waals surface area (Å²) in [5.74, 6) is 0.0141. The van der Waals surface area contributed by atoms with Crippen molar-refractivity contribution < 1.29 is 17.6 Å². The van der Waals surface area contributed by atoms with Crippen molar-refractivity contribution in [3.8, 4) is 0 Å². The Hall–Kier alpha value is -3.05. The summed E-state index contributed by atoms with van der Waals surface area (Å²) in [5, 5.41) is 12.6. The maximum Gasteiger partial charge on any atom is 0.416 e. The SMILES string of the molecule is Cc1c([C@@H](N)Nc2nnc(C)c3cnc(N4CC(C)(N(C)C)C4)cc23)cc(F)cc1C(F)(F)F. The lowest BCUT2D eigenvalue weighted by Crippen LogP contribution is -2.67. The quantitative estimate of drug-likeness (QED) is 0.424. The van der Waals surface area contributed by atoms with Crippen molar-refractivity contribution in [3.63, 3.8) is 0 Å². The minimum atomic E-state index is -4.70. The predicted octanol–water partition coefficient (Wildman–Crippen LogP) is 4.01. The number of alkyl halides is 3. The molecular formula is C23H27F4N7. The van der Waals surface area contributed by atoms with Crippen LogP contribution >= 0.6 is 0 Å². The molecule has 0 aliphatic carbocycles. The molecule has 2 aromatic heterocycles. The van der Waals surface area contributed by atoms with E-state index in [1.165, 1.54) is 6.92 Å². The van der Waals surface area contributed by atoms with Gasteiger partial charge in [-0.1, -0.05) is 0 Å². The highest BCUT2D eigenvalue weighted by molar-refractivity contribution is 5.94. The Morgan fingerprint density at radius 3 is 2.41 bits per heavy atom. The first-order valence-corrected chi connectivity index (χ1v) is 10.7. The Balaban J connectivity index is 1.69. The first-order chi connectivity index (χ1) is 15.8. The van der Waals surface area contributed by atoms with Crippen LogP contribution in [0.3, 0.4) is 0 Å². The van der Waals surface area contributed by atoms with Gasteiger partial charge in [0.2, 0.25) is 0 Å². The second-order valence-corrected chi connectivity index (χ2v) is 9.26. The lowest BCUT2D eigenvalue weighted by atomic mass is 9.91. The van der Waals surface area contributed by atoms with Crippen molar-refractivity contribution in [2.24, 2.45) is 5.73 Å². The summed E-state index contributed by atoms with van der Waals surface area (Å²) in [6.45, 7) is 6.82. The summed E-state index contributed by atoms with van der Waals surface area (Å²) in [6, 6.07) is 3.33. The van der Waals surface area contributed by atoms with Crippen LogP contribution in [-0.2, 0) is 6.18 Å². The van der Waals surface area contributed by atoms with Crippen LogP contribution < -0.4 is 16.0 Å². The Labute approximate surface area is 195 Å². The van der Waals surface area contributed by atoms with Crippen LogP contribution in [0.25, 0.3) is 10.8 Å². The number of pyridine rings is 1. The molecule has 11 heteroatoms. The first-order valence-electron chi connectivity index (χ1n) is 10.7. The average Bonchev–Trinajstić information content (AvgIpc) is 2.73. The Morgan fingerprint density at radius 1 is 1.12 bits per heavy atom. The van der Waals surface area contributed by atoms with Crippen LogP contribution in [0.2, 0.25) is 0 Å². The molecule has 182 valence electrons. The van der Waals surface area contributed by atoms with E-state index >= 15 is 0 Å². The maximum atomic E-state index is 14.0. The van der Waals surface area contributed by atoms with E-state index < -0.39 is 23.7 Å². The number of nitrogens with two attached hydrogens (primary N) is 1. The molecule has 0 unspecified atom stereocenters. The van der Waals surface area contributed by atoms with Crippen molar-refractivity contribution in [2.75, 3.05) is 37.4 Å². The Kier molecular flexibility index (Phi) is 5.89. The van der Waals surface area contributed by atoms with Crippen molar-refractivity contribution >= 4 is 22.4 Å². The number of aromatic nitrogens is 3. The molecule has 34 heavy (non-hydrogen) atoms. The van der Waals surface area contributed by atoms with Gasteiger partial charge in [-0.25, -0.2) is 9.37 Å². The highest BCUT2D eigenvalue weighted by Crippen LogP contribution is 2.36. The molecule has 4 rings (SSSR count). The van der Waals surface area contributed by atoms with Crippen LogP contribution in [0.15, 0.2) is 24.4 Å². The lowest BCUT2D eigenvalue weighted by molar-refractivity contribution is -0.138. The number of likely N-dealkylation sites (N-methyl/N-ethyl adjacent to an activating group) is 1. The normalized spacial score (nSPS) is 16.6. The second kappa shape index (κ2) is 8.31. The molecule has 7 nitrogen and oxygen atoms in total. The van der Waals surface area contributed by atoms with E-state index in [0.717, 1.165) is 30.4 Å². The topological polar surface area (TPSA) is 83.2 Å². The van der Waals surface area contributed by atoms with E-state index in [0.29, 0.717) is 17.1 Å². The zero-order valence-corrected chi connectivity index (χ0v) is 19.6. The number of nitrogens with zero attached hydrogens (tertiary/aromatic N) is 5. The maximum absolute atomic E-state index is 14.0. The smallest absolute Gasteiger partial charge is 0.353 e. The van der Waals surface area contributed by atoms with Crippen LogP contribution in [0.5, 0.6) is 0 Å². The number of hydrogen-bond donors (Lipinski definition) is 2. The number of anilines is 2. The highest BCUT2D eigenvalue weighted by atomic mass is 19.4. The van der Waals surface area contributed by atoms with Gasteiger partial charge in [-0.3, -0.25) is 0 Å². The largest absolute Gasteiger partial charge is 0.416 e. The fourth-order valence-electron chi connectivity index (χ4n) is 4.20. The number of rotatable bonds is 5. The lowest BCUT2D eigenvalue weighted by Gasteiger charge is -2.52. The summed E-state index contributed by atoms with van der Waals surface area (Å²) in [7, 11) is 4.07. The first kappa shape index (κ1) is 24.1. The number of halogens is 4. The Bertz CT molecular complexity index is 1240. The second-order valence-electron chi connectivity index (χ2n) is 9.26. The third kappa shape index (κ3) is 4.25. The van der Waals surface area contributed by atoms with E-state index in [2.05, 4.69) is 37.2 Å². The molecule has 1 atom stereocenters. The number of benzene rings is 1. The molecule has 0 saturated carbocycles. The van der Waals surface area contributed by atoms with Gasteiger partial charge in [0.25, 0.3) is 0 Å². The summed E-state index contributed by atoms with van der Waals surface area (Å²) < 4.78 is 54.1. The zero-order valence-electron chi connectivity index (χ0n) is 19.6. The van der Waals surface area contributed by atoms with Gasteiger partial charge in [0.05, 0.1) is 16.8 Å². The summed E-state index contributed by atoms with van der Waals surface area (Å²) in [6.07, 6.45) is -4.14. The van der Waals surface area contributed by atoms with Crippen LogP contribution in [0.4, 0.5) is 29.2 Å². The molecule has 1 aliphatic heterocycles. The molecule has 1 saturated heterocycles. The van der Waals surface area contributed by atoms with Crippen molar-refractivity contribution in [1.82, 2.24) is 20.1 Å². The van der Waals surface area contributed by atoms with E-state index in [1.54, 1.807) is 13.1 Å².